The molecule has 120 valence electrons. The molecule has 5 heteroatoms. The number of aryl methyl sites for hydroxylation is 1. The van der Waals surface area contributed by atoms with Crippen molar-refractivity contribution in [3.05, 3.63) is 41.7 Å². The smallest absolute Gasteiger partial charge is 0.276 e. The summed E-state index contributed by atoms with van der Waals surface area (Å²) >= 11 is 0. The maximum Gasteiger partial charge on any atom is 0.276 e. The highest BCUT2D eigenvalue weighted by Gasteiger charge is 2.39. The van der Waals surface area contributed by atoms with Crippen LogP contribution in [0.2, 0.25) is 0 Å². The summed E-state index contributed by atoms with van der Waals surface area (Å²) in [7, 11) is 0. The van der Waals surface area contributed by atoms with Crippen molar-refractivity contribution in [2.75, 3.05) is 0 Å². The first-order chi connectivity index (χ1) is 11.2. The lowest BCUT2D eigenvalue weighted by molar-refractivity contribution is 0.0658. The Balaban J connectivity index is 1.57. The third-order valence-corrected chi connectivity index (χ3v) is 4.90. The van der Waals surface area contributed by atoms with E-state index in [1.54, 1.807) is 10.9 Å². The lowest BCUT2D eigenvalue weighted by Gasteiger charge is -2.28. The summed E-state index contributed by atoms with van der Waals surface area (Å²) in [6.07, 6.45) is 8.76. The summed E-state index contributed by atoms with van der Waals surface area (Å²) in [5.74, 6) is 0.0535. The van der Waals surface area contributed by atoms with Crippen molar-refractivity contribution in [1.82, 2.24) is 19.9 Å². The number of carbonyl (C=O) groups excluding carboxylic acids is 1. The van der Waals surface area contributed by atoms with Gasteiger partial charge in [-0.2, -0.15) is 0 Å². The molecule has 0 N–H and O–H groups in total. The third kappa shape index (κ3) is 2.87. The van der Waals surface area contributed by atoms with Crippen molar-refractivity contribution in [1.29, 1.82) is 0 Å². The van der Waals surface area contributed by atoms with E-state index in [1.165, 1.54) is 18.4 Å². The Morgan fingerprint density at radius 2 is 1.74 bits per heavy atom. The fourth-order valence-corrected chi connectivity index (χ4v) is 3.48. The van der Waals surface area contributed by atoms with Crippen molar-refractivity contribution in [2.24, 2.45) is 0 Å². The zero-order valence-corrected chi connectivity index (χ0v) is 13.5. The zero-order valence-electron chi connectivity index (χ0n) is 13.5. The number of rotatable bonds is 4. The first kappa shape index (κ1) is 14.4. The van der Waals surface area contributed by atoms with Crippen molar-refractivity contribution < 1.29 is 4.79 Å². The second kappa shape index (κ2) is 5.80. The van der Waals surface area contributed by atoms with Crippen LogP contribution in [0.3, 0.4) is 0 Å². The number of aromatic nitrogens is 3. The molecule has 1 aromatic carbocycles. The molecule has 1 aromatic heterocycles. The van der Waals surface area contributed by atoms with Crippen molar-refractivity contribution >= 4 is 5.91 Å². The topological polar surface area (TPSA) is 51.0 Å². The first-order valence-electron chi connectivity index (χ1n) is 8.54. The predicted octanol–water partition coefficient (Wildman–Crippen LogP) is 3.12. The SMILES string of the molecule is Cc1ccc(-n2cc(C(=O)N(C3CCCC3)C3CC3)nn2)cc1. The summed E-state index contributed by atoms with van der Waals surface area (Å²) in [5.41, 5.74) is 2.59. The van der Waals surface area contributed by atoms with Crippen LogP contribution in [0, 0.1) is 6.92 Å². The molecule has 0 spiro atoms. The Kier molecular flexibility index (Phi) is 3.63. The van der Waals surface area contributed by atoms with E-state index >= 15 is 0 Å². The minimum atomic E-state index is 0.0535. The van der Waals surface area contributed by atoms with Gasteiger partial charge in [0, 0.05) is 12.1 Å². The molecule has 2 aliphatic rings. The minimum absolute atomic E-state index is 0.0535. The summed E-state index contributed by atoms with van der Waals surface area (Å²) in [6, 6.07) is 8.89. The van der Waals surface area contributed by atoms with Crippen LogP contribution in [0.15, 0.2) is 30.5 Å². The Morgan fingerprint density at radius 1 is 1.09 bits per heavy atom. The molecule has 2 saturated carbocycles. The number of hydrogen-bond acceptors (Lipinski definition) is 3. The van der Waals surface area contributed by atoms with Gasteiger partial charge >= 0.3 is 0 Å². The van der Waals surface area contributed by atoms with E-state index in [2.05, 4.69) is 22.1 Å². The maximum atomic E-state index is 12.9. The molecule has 2 aromatic rings. The number of amides is 1. The second-order valence-electron chi connectivity index (χ2n) is 6.77. The quantitative estimate of drug-likeness (QED) is 0.872. The number of nitrogens with zero attached hydrogens (tertiary/aromatic N) is 4. The summed E-state index contributed by atoms with van der Waals surface area (Å²) < 4.78 is 1.69. The average molecular weight is 310 g/mol. The molecule has 0 atom stereocenters. The molecule has 0 bridgehead atoms. The van der Waals surface area contributed by atoms with Crippen molar-refractivity contribution in [3.63, 3.8) is 0 Å². The molecule has 0 aliphatic heterocycles. The highest BCUT2D eigenvalue weighted by Crippen LogP contribution is 2.35. The van der Waals surface area contributed by atoms with Crippen molar-refractivity contribution in [2.45, 2.75) is 57.5 Å². The average Bonchev–Trinajstić information content (AvgIpc) is 3.04. The van der Waals surface area contributed by atoms with E-state index in [0.717, 1.165) is 31.4 Å². The first-order valence-corrected chi connectivity index (χ1v) is 8.54. The molecule has 1 amide bonds. The summed E-state index contributed by atoms with van der Waals surface area (Å²) in [5, 5.41) is 8.28. The van der Waals surface area contributed by atoms with E-state index in [-0.39, 0.29) is 5.91 Å². The predicted molar refractivity (Wildman–Crippen MR) is 87.5 cm³/mol. The van der Waals surface area contributed by atoms with Gasteiger partial charge < -0.3 is 4.90 Å². The highest BCUT2D eigenvalue weighted by atomic mass is 16.2. The van der Waals surface area contributed by atoms with E-state index in [9.17, 15) is 4.79 Å². The summed E-state index contributed by atoms with van der Waals surface area (Å²) in [6.45, 7) is 2.05. The number of carbonyl (C=O) groups is 1. The third-order valence-electron chi connectivity index (χ3n) is 4.90. The number of hydrogen-bond donors (Lipinski definition) is 0. The standard InChI is InChI=1S/C18H22N4O/c1-13-6-8-14(9-7-13)21-12-17(19-20-21)18(23)22(16-10-11-16)15-4-2-3-5-15/h6-9,12,15-16H,2-5,10-11H2,1H3. The fourth-order valence-electron chi connectivity index (χ4n) is 3.48. The molecule has 1 heterocycles. The molecule has 2 aliphatic carbocycles. The van der Waals surface area contributed by atoms with Gasteiger partial charge in [0.2, 0.25) is 0 Å². The van der Waals surface area contributed by atoms with Crippen LogP contribution in [0.1, 0.15) is 54.6 Å². The van der Waals surface area contributed by atoms with Crippen LogP contribution in [-0.4, -0.2) is 37.9 Å². The van der Waals surface area contributed by atoms with Gasteiger partial charge in [-0.15, -0.1) is 5.10 Å². The lowest BCUT2D eigenvalue weighted by atomic mass is 10.2. The van der Waals surface area contributed by atoms with Crippen LogP contribution in [0.4, 0.5) is 0 Å². The highest BCUT2D eigenvalue weighted by molar-refractivity contribution is 5.92. The molecular weight excluding hydrogens is 288 g/mol. The van der Waals surface area contributed by atoms with Crippen molar-refractivity contribution in [3.8, 4) is 5.69 Å². The monoisotopic (exact) mass is 310 g/mol. The van der Waals surface area contributed by atoms with Gasteiger partial charge in [-0.1, -0.05) is 35.8 Å². The number of benzene rings is 1. The normalized spacial score (nSPS) is 18.3. The minimum Gasteiger partial charge on any atom is -0.331 e. The van der Waals surface area contributed by atoms with Crippen LogP contribution in [0.5, 0.6) is 0 Å². The molecule has 4 rings (SSSR count). The van der Waals surface area contributed by atoms with Crippen LogP contribution >= 0.6 is 0 Å². The fraction of sp³-hybridized carbons (Fsp3) is 0.500. The maximum absolute atomic E-state index is 12.9. The van der Waals surface area contributed by atoms with Gasteiger partial charge in [0.1, 0.15) is 0 Å². The molecule has 23 heavy (non-hydrogen) atoms. The van der Waals surface area contributed by atoms with Gasteiger partial charge in [0.25, 0.3) is 5.91 Å². The molecule has 0 radical (unpaired) electrons. The van der Waals surface area contributed by atoms with Gasteiger partial charge in [0.15, 0.2) is 5.69 Å². The molecule has 2 fully saturated rings. The van der Waals surface area contributed by atoms with Gasteiger partial charge in [0.05, 0.1) is 11.9 Å². The molecule has 0 unspecified atom stereocenters. The second-order valence-corrected chi connectivity index (χ2v) is 6.77. The van der Waals surface area contributed by atoms with Crippen LogP contribution in [-0.2, 0) is 0 Å². The van der Waals surface area contributed by atoms with E-state index in [0.29, 0.717) is 17.8 Å². The Bertz CT molecular complexity index is 696. The van der Waals surface area contributed by atoms with E-state index in [1.807, 2.05) is 24.3 Å². The Labute approximate surface area is 136 Å². The lowest BCUT2D eigenvalue weighted by Crippen LogP contribution is -2.40. The van der Waals surface area contributed by atoms with Crippen LogP contribution in [0.25, 0.3) is 5.69 Å². The van der Waals surface area contributed by atoms with E-state index in [4.69, 9.17) is 0 Å². The zero-order chi connectivity index (χ0) is 15.8. The molecule has 0 saturated heterocycles. The molecule has 5 nitrogen and oxygen atoms in total. The largest absolute Gasteiger partial charge is 0.331 e. The van der Waals surface area contributed by atoms with Gasteiger partial charge in [-0.25, -0.2) is 4.68 Å². The Hall–Kier alpha value is -2.17. The van der Waals surface area contributed by atoms with Crippen LogP contribution < -0.4 is 0 Å². The van der Waals surface area contributed by atoms with E-state index < -0.39 is 0 Å². The summed E-state index contributed by atoms with van der Waals surface area (Å²) in [4.78, 5) is 15.0. The van der Waals surface area contributed by atoms with Gasteiger partial charge in [-0.05, 0) is 44.7 Å². The molecular formula is C18H22N4O. The van der Waals surface area contributed by atoms with Gasteiger partial charge in [-0.3, -0.25) is 4.79 Å². The Morgan fingerprint density at radius 3 is 2.39 bits per heavy atom.